The lowest BCUT2D eigenvalue weighted by molar-refractivity contribution is -0.0400. The summed E-state index contributed by atoms with van der Waals surface area (Å²) in [4.78, 5) is 7.77. The first-order valence-electron chi connectivity index (χ1n) is 12.3. The third-order valence-electron chi connectivity index (χ3n) is 6.25. The van der Waals surface area contributed by atoms with E-state index in [-0.39, 0.29) is 23.0 Å². The Hall–Kier alpha value is -2.81. The largest absolute Gasteiger partial charge is 0.314 e. The Kier molecular flexibility index (Phi) is 8.39. The van der Waals surface area contributed by atoms with Crippen LogP contribution in [0.5, 0.6) is 0 Å². The molecular weight excluding hydrogens is 476 g/mol. The van der Waals surface area contributed by atoms with Gasteiger partial charge in [-0.3, -0.25) is 4.90 Å². The summed E-state index contributed by atoms with van der Waals surface area (Å²) >= 11 is 0. The van der Waals surface area contributed by atoms with Gasteiger partial charge >= 0.3 is 0 Å². The maximum Gasteiger partial charge on any atom is 0.285 e. The first-order chi connectivity index (χ1) is 17.4. The van der Waals surface area contributed by atoms with Crippen LogP contribution in [0.4, 0.5) is 8.78 Å². The summed E-state index contributed by atoms with van der Waals surface area (Å²) in [5, 5.41) is 7.70. The molecule has 1 fully saturated rings. The van der Waals surface area contributed by atoms with E-state index in [1.165, 1.54) is 17.0 Å². The van der Waals surface area contributed by atoms with Crippen LogP contribution in [0.15, 0.2) is 72.0 Å². The molecule has 0 amide bonds. The fourth-order valence-corrected chi connectivity index (χ4v) is 5.01. The lowest BCUT2D eigenvalue weighted by Crippen LogP contribution is -2.47. The first-order valence-corrected chi connectivity index (χ1v) is 14.4. The number of rotatable bonds is 6. The van der Waals surface area contributed by atoms with Crippen LogP contribution in [0.25, 0.3) is 27.9 Å². The minimum Gasteiger partial charge on any atom is -0.314 e. The van der Waals surface area contributed by atoms with Crippen LogP contribution in [0.3, 0.4) is 0 Å². The second-order valence-corrected chi connectivity index (χ2v) is 10.9. The summed E-state index contributed by atoms with van der Waals surface area (Å²) in [6.45, 7) is 6.54. The summed E-state index contributed by atoms with van der Waals surface area (Å²) in [5.41, 5.74) is 4.53. The third kappa shape index (κ3) is 5.77. The normalized spacial score (nSPS) is 14.6. The Morgan fingerprint density at radius 3 is 2.36 bits per heavy atom. The minimum atomic E-state index is -2.89. The molecule has 1 N–H and O–H groups in total. The van der Waals surface area contributed by atoms with Crippen LogP contribution in [-0.4, -0.2) is 64.7 Å². The Labute approximate surface area is 214 Å². The topological polar surface area (TPSA) is 45.5 Å². The highest BCUT2D eigenvalue weighted by Crippen LogP contribution is 2.32. The van der Waals surface area contributed by atoms with E-state index in [2.05, 4.69) is 52.2 Å². The van der Waals surface area contributed by atoms with Crippen molar-refractivity contribution in [3.8, 4) is 22.3 Å². The van der Waals surface area contributed by atoms with Gasteiger partial charge in [-0.15, -0.1) is 0 Å². The second kappa shape index (κ2) is 11.5. The number of hydrogen-bond acceptors (Lipinski definition) is 4. The molecule has 1 aliphatic heterocycles. The van der Waals surface area contributed by atoms with E-state index in [0.717, 1.165) is 41.0 Å². The number of hydrogen-bond donors (Lipinski definition) is 1. The van der Waals surface area contributed by atoms with Gasteiger partial charge in [-0.05, 0) is 17.2 Å². The van der Waals surface area contributed by atoms with E-state index >= 15 is 0 Å². The smallest absolute Gasteiger partial charge is 0.285 e. The van der Waals surface area contributed by atoms with Gasteiger partial charge in [0.2, 0.25) is 0 Å². The molecule has 4 aromatic rings. The van der Waals surface area contributed by atoms with E-state index in [9.17, 15) is 8.78 Å². The fraction of sp³-hybridized carbons (Fsp3) is 0.357. The van der Waals surface area contributed by atoms with Gasteiger partial charge in [0.05, 0.1) is 12.7 Å². The number of alkyl halides is 2. The zero-order valence-corrected chi connectivity index (χ0v) is 22.2. The molecule has 0 spiro atoms. The summed E-state index contributed by atoms with van der Waals surface area (Å²) < 4.78 is 31.4. The van der Waals surface area contributed by atoms with Crippen LogP contribution in [0.1, 0.15) is 19.4 Å². The lowest BCUT2D eigenvalue weighted by Gasteiger charge is -2.30. The first kappa shape index (κ1) is 26.3. The van der Waals surface area contributed by atoms with Gasteiger partial charge in [0.15, 0.2) is 10.5 Å². The standard InChI is InChI=1S/C26H28F2N5S.C2H6/c1-34(2)23-5-3-4-20(14-23)24-16-31-33-17-21(15-30-25(24)33)19-6-8-22(9-7-19)26(27,28)18-32-12-10-29-11-13-32;1-2/h3-9,14-17,29H,10-13,18H2,1-2H3;1-2H3/q+1;. The van der Waals surface area contributed by atoms with Crippen molar-refractivity contribution in [2.45, 2.75) is 24.7 Å². The molecule has 1 saturated heterocycles. The SMILES string of the molecule is CC.C[S+](C)c1cccc(-c2cnn3cc(-c4ccc(C(F)(F)CN5CCNCC5)cc4)cnc23)c1. The molecule has 3 heterocycles. The quantitative estimate of drug-likeness (QED) is 0.357. The van der Waals surface area contributed by atoms with Gasteiger partial charge in [0.25, 0.3) is 5.92 Å². The van der Waals surface area contributed by atoms with Crippen LogP contribution < -0.4 is 5.32 Å². The number of aromatic nitrogens is 3. The van der Waals surface area contributed by atoms with Gasteiger partial charge in [-0.25, -0.2) is 9.50 Å². The average Bonchev–Trinajstić information content (AvgIpc) is 3.34. The Morgan fingerprint density at radius 2 is 1.67 bits per heavy atom. The van der Waals surface area contributed by atoms with Gasteiger partial charge in [-0.2, -0.15) is 13.9 Å². The van der Waals surface area contributed by atoms with Crippen LogP contribution in [0.2, 0.25) is 0 Å². The van der Waals surface area contributed by atoms with Crippen molar-refractivity contribution >= 4 is 16.5 Å². The van der Waals surface area contributed by atoms with Crippen molar-refractivity contribution in [2.24, 2.45) is 0 Å². The third-order valence-corrected chi connectivity index (χ3v) is 7.44. The number of halogens is 2. The van der Waals surface area contributed by atoms with Crippen LogP contribution >= 0.6 is 0 Å². The zero-order chi connectivity index (χ0) is 25.7. The van der Waals surface area contributed by atoms with E-state index in [1.807, 2.05) is 31.1 Å². The number of benzene rings is 2. The maximum atomic E-state index is 14.8. The average molecular weight is 511 g/mol. The molecule has 36 heavy (non-hydrogen) atoms. The number of piperazine rings is 1. The molecule has 0 aliphatic carbocycles. The van der Waals surface area contributed by atoms with Crippen molar-refractivity contribution in [2.75, 3.05) is 45.2 Å². The molecule has 5 rings (SSSR count). The Balaban J connectivity index is 0.00000148. The van der Waals surface area contributed by atoms with Crippen molar-refractivity contribution in [3.63, 3.8) is 0 Å². The van der Waals surface area contributed by atoms with Gasteiger partial charge in [-0.1, -0.05) is 50.2 Å². The summed E-state index contributed by atoms with van der Waals surface area (Å²) in [7, 11) is 0.169. The molecule has 2 aromatic heterocycles. The van der Waals surface area contributed by atoms with E-state index in [1.54, 1.807) is 22.8 Å². The molecule has 0 radical (unpaired) electrons. The number of nitrogens with zero attached hydrogens (tertiary/aromatic N) is 4. The van der Waals surface area contributed by atoms with Gasteiger partial charge < -0.3 is 5.32 Å². The number of fused-ring (bicyclic) bond motifs is 1. The number of nitrogens with one attached hydrogen (secondary N) is 1. The molecule has 0 bridgehead atoms. The van der Waals surface area contributed by atoms with Gasteiger partial charge in [0, 0.05) is 72.2 Å². The summed E-state index contributed by atoms with van der Waals surface area (Å²) in [5.74, 6) is -2.89. The minimum absolute atomic E-state index is 0.0379. The van der Waals surface area contributed by atoms with Crippen LogP contribution in [0, 0.1) is 0 Å². The predicted octanol–water partition coefficient (Wildman–Crippen LogP) is 5.32. The highest BCUT2D eigenvalue weighted by Gasteiger charge is 2.34. The highest BCUT2D eigenvalue weighted by atomic mass is 32.2. The molecule has 8 heteroatoms. The van der Waals surface area contributed by atoms with Crippen molar-refractivity contribution in [3.05, 3.63) is 72.7 Å². The van der Waals surface area contributed by atoms with E-state index in [4.69, 9.17) is 0 Å². The molecule has 5 nitrogen and oxygen atoms in total. The Bertz CT molecular complexity index is 1280. The van der Waals surface area contributed by atoms with Gasteiger partial charge in [0.1, 0.15) is 12.5 Å². The molecule has 190 valence electrons. The van der Waals surface area contributed by atoms with Crippen molar-refractivity contribution < 1.29 is 8.78 Å². The summed E-state index contributed by atoms with van der Waals surface area (Å²) in [6.07, 6.45) is 9.91. The molecule has 0 atom stereocenters. The Morgan fingerprint density at radius 1 is 0.944 bits per heavy atom. The predicted molar refractivity (Wildman–Crippen MR) is 146 cm³/mol. The maximum absolute atomic E-state index is 14.8. The van der Waals surface area contributed by atoms with E-state index < -0.39 is 5.92 Å². The zero-order valence-electron chi connectivity index (χ0n) is 21.3. The summed E-state index contributed by atoms with van der Waals surface area (Å²) in [6, 6.07) is 15.0. The lowest BCUT2D eigenvalue weighted by atomic mass is 10.0. The molecule has 0 unspecified atom stereocenters. The molecular formula is C28H34F2N5S+. The molecule has 1 aliphatic rings. The van der Waals surface area contributed by atoms with Crippen molar-refractivity contribution in [1.29, 1.82) is 0 Å². The fourth-order valence-electron chi connectivity index (χ4n) is 4.29. The van der Waals surface area contributed by atoms with Crippen molar-refractivity contribution in [1.82, 2.24) is 24.8 Å². The molecule has 2 aromatic carbocycles. The monoisotopic (exact) mass is 510 g/mol. The van der Waals surface area contributed by atoms with Crippen LogP contribution in [-0.2, 0) is 16.8 Å². The highest BCUT2D eigenvalue weighted by molar-refractivity contribution is 7.95. The molecule has 0 saturated carbocycles. The second-order valence-electron chi connectivity index (χ2n) is 8.82. The van der Waals surface area contributed by atoms with E-state index in [0.29, 0.717) is 13.1 Å².